The zero-order chi connectivity index (χ0) is 19.2. The minimum atomic E-state index is -3.71. The summed E-state index contributed by atoms with van der Waals surface area (Å²) in [4.78, 5) is 22.4. The zero-order valence-corrected chi connectivity index (χ0v) is 16.0. The van der Waals surface area contributed by atoms with Crippen molar-refractivity contribution in [3.63, 3.8) is 0 Å². The Bertz CT molecular complexity index is 1210. The first-order valence-corrected chi connectivity index (χ1v) is 10.5. The molecule has 0 aromatic heterocycles. The summed E-state index contributed by atoms with van der Waals surface area (Å²) >= 11 is 0. The van der Waals surface area contributed by atoms with Crippen molar-refractivity contribution in [3.05, 3.63) is 59.7 Å². The van der Waals surface area contributed by atoms with Gasteiger partial charge in [0, 0.05) is 0 Å². The van der Waals surface area contributed by atoms with Crippen molar-refractivity contribution in [1.82, 2.24) is 0 Å². The second-order valence-electron chi connectivity index (χ2n) is 6.47. The van der Waals surface area contributed by atoms with Crippen LogP contribution in [0.3, 0.4) is 0 Å². The molecule has 0 spiro atoms. The molecule has 0 saturated heterocycles. The highest BCUT2D eigenvalue weighted by Crippen LogP contribution is 2.48. The second kappa shape index (κ2) is 6.61. The Kier molecular flexibility index (Phi) is 4.39. The molecule has 0 heterocycles. The summed E-state index contributed by atoms with van der Waals surface area (Å²) in [5, 5.41) is 5.53. The summed E-state index contributed by atoms with van der Waals surface area (Å²) in [6.07, 6.45) is -0.0567. The van der Waals surface area contributed by atoms with Gasteiger partial charge in [0.2, 0.25) is 0 Å². The topological polar surface area (TPSA) is 72.8 Å². The largest absolute Gasteiger partial charge is 0.465 e. The molecule has 0 amide bonds. The molecule has 0 saturated carbocycles. The van der Waals surface area contributed by atoms with Crippen LogP contribution in [0.1, 0.15) is 22.8 Å². The van der Waals surface area contributed by atoms with Crippen molar-refractivity contribution < 1.29 is 23.5 Å². The summed E-state index contributed by atoms with van der Waals surface area (Å²) in [6, 6.07) is 15.3. The third-order valence-electron chi connectivity index (χ3n) is 4.84. The van der Waals surface area contributed by atoms with Crippen LogP contribution in [0.2, 0.25) is 0 Å². The molecule has 27 heavy (non-hydrogen) atoms. The zero-order valence-electron chi connectivity index (χ0n) is 15.1. The van der Waals surface area contributed by atoms with Gasteiger partial charge in [0.05, 0.1) is 25.4 Å². The molecule has 1 atom stereocenters. The summed E-state index contributed by atoms with van der Waals surface area (Å²) in [5.41, 5.74) is 1.26. The maximum Gasteiger partial charge on any atom is 0.338 e. The third-order valence-corrected chi connectivity index (χ3v) is 6.24. The Labute approximate surface area is 156 Å². The van der Waals surface area contributed by atoms with Gasteiger partial charge in [-0.3, -0.25) is 4.57 Å². The predicted molar refractivity (Wildman–Crippen MR) is 107 cm³/mol. The summed E-state index contributed by atoms with van der Waals surface area (Å²) in [7, 11) is -2.34. The van der Waals surface area contributed by atoms with E-state index >= 15 is 0 Å². The van der Waals surface area contributed by atoms with E-state index in [0.29, 0.717) is 5.56 Å². The molecule has 4 rings (SSSR count). The molecule has 6 heteroatoms. The number of carbonyl (C=O) groups is 1. The molecule has 0 bridgehead atoms. The van der Waals surface area contributed by atoms with Crippen molar-refractivity contribution >= 4 is 45.9 Å². The Balaban J connectivity index is 2.05. The SMILES string of the molecule is CCOP(=O)(O)Cc1ccc2cc(C(=O)OC)c3cccc4ccc1c2c43. The first kappa shape index (κ1) is 17.9. The van der Waals surface area contributed by atoms with Gasteiger partial charge < -0.3 is 14.2 Å². The quantitative estimate of drug-likeness (QED) is 0.296. The lowest BCUT2D eigenvalue weighted by molar-refractivity contribution is 0.0603. The second-order valence-corrected chi connectivity index (χ2v) is 8.32. The standard InChI is InChI=1S/C21H19O5P/c1-3-26-27(23,24)12-15-8-7-14-11-18(21(22)25-2)17-6-4-5-13-9-10-16(15)20(14)19(13)17/h4-11H,3,12H2,1-2H3,(H,23,24). The lowest BCUT2D eigenvalue weighted by atomic mass is 9.90. The monoisotopic (exact) mass is 382 g/mol. The molecule has 0 aliphatic heterocycles. The van der Waals surface area contributed by atoms with Crippen molar-refractivity contribution in [2.75, 3.05) is 13.7 Å². The van der Waals surface area contributed by atoms with Crippen LogP contribution in [0, 0.1) is 0 Å². The smallest absolute Gasteiger partial charge is 0.338 e. The van der Waals surface area contributed by atoms with E-state index < -0.39 is 7.60 Å². The van der Waals surface area contributed by atoms with E-state index in [0.717, 1.165) is 37.9 Å². The molecule has 1 unspecified atom stereocenters. The number of benzene rings is 4. The van der Waals surface area contributed by atoms with Crippen molar-refractivity contribution in [1.29, 1.82) is 0 Å². The number of methoxy groups -OCH3 is 1. The predicted octanol–water partition coefficient (Wildman–Crippen LogP) is 5.09. The Morgan fingerprint density at radius 1 is 1.04 bits per heavy atom. The lowest BCUT2D eigenvalue weighted by Gasteiger charge is -2.17. The minimum absolute atomic E-state index is 0.0567. The fourth-order valence-electron chi connectivity index (χ4n) is 3.77. The average Bonchev–Trinajstić information content (AvgIpc) is 2.66. The van der Waals surface area contributed by atoms with E-state index in [4.69, 9.17) is 9.26 Å². The Morgan fingerprint density at radius 2 is 1.78 bits per heavy atom. The van der Waals surface area contributed by atoms with Gasteiger partial charge in [-0.1, -0.05) is 42.5 Å². The van der Waals surface area contributed by atoms with Gasteiger partial charge in [0.1, 0.15) is 0 Å². The van der Waals surface area contributed by atoms with E-state index in [1.807, 2.05) is 48.5 Å². The molecular formula is C21H19O5P. The summed E-state index contributed by atoms with van der Waals surface area (Å²) < 4.78 is 22.3. The Hall–Kier alpha value is -2.46. The molecule has 4 aromatic rings. The lowest BCUT2D eigenvalue weighted by Crippen LogP contribution is -2.03. The van der Waals surface area contributed by atoms with Gasteiger partial charge in [-0.2, -0.15) is 0 Å². The van der Waals surface area contributed by atoms with E-state index in [1.165, 1.54) is 7.11 Å². The number of ether oxygens (including phenoxy) is 1. The van der Waals surface area contributed by atoms with Gasteiger partial charge in [-0.15, -0.1) is 0 Å². The van der Waals surface area contributed by atoms with Gasteiger partial charge >= 0.3 is 13.6 Å². The minimum Gasteiger partial charge on any atom is -0.465 e. The highest BCUT2D eigenvalue weighted by molar-refractivity contribution is 7.52. The third kappa shape index (κ3) is 2.98. The molecule has 0 fully saturated rings. The van der Waals surface area contributed by atoms with Crippen molar-refractivity contribution in [2.45, 2.75) is 13.1 Å². The van der Waals surface area contributed by atoms with Gasteiger partial charge in [0.25, 0.3) is 0 Å². The van der Waals surface area contributed by atoms with Gasteiger partial charge in [0.15, 0.2) is 0 Å². The van der Waals surface area contributed by atoms with Crippen LogP contribution < -0.4 is 0 Å². The Morgan fingerprint density at radius 3 is 2.52 bits per heavy atom. The van der Waals surface area contributed by atoms with Crippen molar-refractivity contribution in [3.8, 4) is 0 Å². The molecular weight excluding hydrogens is 363 g/mol. The summed E-state index contributed by atoms with van der Waals surface area (Å²) in [6.45, 7) is 1.88. The molecule has 0 aliphatic carbocycles. The highest BCUT2D eigenvalue weighted by atomic mass is 31.2. The molecule has 4 aromatic carbocycles. The molecule has 1 N–H and O–H groups in total. The normalized spacial score (nSPS) is 14.0. The molecule has 0 aliphatic rings. The fraction of sp³-hybridized carbons (Fsp3) is 0.190. The van der Waals surface area contributed by atoms with Crippen LogP contribution in [0.4, 0.5) is 0 Å². The fourth-order valence-corrected chi connectivity index (χ4v) is 4.97. The average molecular weight is 382 g/mol. The molecule has 138 valence electrons. The maximum absolute atomic E-state index is 12.3. The number of rotatable bonds is 5. The molecule has 0 radical (unpaired) electrons. The van der Waals surface area contributed by atoms with Crippen LogP contribution in [0.15, 0.2) is 48.5 Å². The first-order valence-electron chi connectivity index (χ1n) is 8.69. The van der Waals surface area contributed by atoms with E-state index in [1.54, 1.807) is 6.92 Å². The highest BCUT2D eigenvalue weighted by Gasteiger charge is 2.23. The van der Waals surface area contributed by atoms with Crippen LogP contribution >= 0.6 is 7.60 Å². The number of hydrogen-bond donors (Lipinski definition) is 1. The number of esters is 1. The number of hydrogen-bond acceptors (Lipinski definition) is 4. The van der Waals surface area contributed by atoms with Crippen LogP contribution in [-0.2, 0) is 20.0 Å². The maximum atomic E-state index is 12.3. The van der Waals surface area contributed by atoms with E-state index in [2.05, 4.69) is 0 Å². The van der Waals surface area contributed by atoms with E-state index in [9.17, 15) is 14.3 Å². The van der Waals surface area contributed by atoms with Gasteiger partial charge in [-0.05, 0) is 50.9 Å². The number of carbonyl (C=O) groups excluding carboxylic acids is 1. The van der Waals surface area contributed by atoms with Crippen molar-refractivity contribution in [2.24, 2.45) is 0 Å². The van der Waals surface area contributed by atoms with Crippen LogP contribution in [0.25, 0.3) is 32.3 Å². The molecule has 5 nitrogen and oxygen atoms in total. The van der Waals surface area contributed by atoms with Crippen LogP contribution in [-0.4, -0.2) is 24.6 Å². The first-order chi connectivity index (χ1) is 12.9. The van der Waals surface area contributed by atoms with E-state index in [-0.39, 0.29) is 18.7 Å². The van der Waals surface area contributed by atoms with Crippen LogP contribution in [0.5, 0.6) is 0 Å². The summed E-state index contributed by atoms with van der Waals surface area (Å²) in [5.74, 6) is -0.384. The van der Waals surface area contributed by atoms with Gasteiger partial charge in [-0.25, -0.2) is 4.79 Å².